The summed E-state index contributed by atoms with van der Waals surface area (Å²) in [6.45, 7) is 4.89. The highest BCUT2D eigenvalue weighted by atomic mass is 16.2. The minimum atomic E-state index is -0.386. The van der Waals surface area contributed by atoms with Gasteiger partial charge < -0.3 is 11.1 Å². The molecule has 0 aromatic heterocycles. The molecule has 0 aliphatic heterocycles. The van der Waals surface area contributed by atoms with Crippen molar-refractivity contribution < 1.29 is 4.79 Å². The van der Waals surface area contributed by atoms with Gasteiger partial charge in [0.15, 0.2) is 0 Å². The van der Waals surface area contributed by atoms with Crippen LogP contribution in [-0.4, -0.2) is 18.5 Å². The Kier molecular flexibility index (Phi) is 4.81. The Bertz CT molecular complexity index is 438. The normalized spacial score (nSPS) is 18.4. The first kappa shape index (κ1) is 15.0. The zero-order valence-electron chi connectivity index (χ0n) is 12.6. The third-order valence-electron chi connectivity index (χ3n) is 4.36. The molecule has 0 radical (unpaired) electrons. The lowest BCUT2D eigenvalue weighted by Crippen LogP contribution is -2.49. The molecule has 0 bridgehead atoms. The summed E-state index contributed by atoms with van der Waals surface area (Å²) in [6.07, 6.45) is 4.28. The molecule has 20 heavy (non-hydrogen) atoms. The maximum Gasteiger partial charge on any atom is 0.236 e. The van der Waals surface area contributed by atoms with Gasteiger partial charge in [-0.1, -0.05) is 50.6 Å². The van der Waals surface area contributed by atoms with E-state index in [2.05, 4.69) is 43.4 Å². The smallest absolute Gasteiger partial charge is 0.236 e. The molecule has 0 saturated heterocycles. The molecular formula is C17H26N2O. The van der Waals surface area contributed by atoms with Crippen LogP contribution in [0.15, 0.2) is 30.3 Å². The Morgan fingerprint density at radius 2 is 1.95 bits per heavy atom. The topological polar surface area (TPSA) is 55.1 Å². The highest BCUT2D eigenvalue weighted by Gasteiger charge is 2.38. The van der Waals surface area contributed by atoms with Gasteiger partial charge in [0.25, 0.3) is 0 Å². The van der Waals surface area contributed by atoms with Gasteiger partial charge in [0, 0.05) is 12.0 Å². The van der Waals surface area contributed by atoms with E-state index >= 15 is 0 Å². The van der Waals surface area contributed by atoms with Crippen molar-refractivity contribution in [3.8, 4) is 0 Å². The van der Waals surface area contributed by atoms with Gasteiger partial charge in [-0.05, 0) is 30.7 Å². The fraction of sp³-hybridized carbons (Fsp3) is 0.588. The largest absolute Gasteiger partial charge is 0.354 e. The van der Waals surface area contributed by atoms with Crippen LogP contribution in [0.4, 0.5) is 0 Å². The predicted octanol–water partition coefficient (Wildman–Crippen LogP) is 2.60. The van der Waals surface area contributed by atoms with Crippen molar-refractivity contribution in [2.75, 3.05) is 6.54 Å². The van der Waals surface area contributed by atoms with Gasteiger partial charge in [0.1, 0.15) is 0 Å². The second kappa shape index (κ2) is 6.40. The van der Waals surface area contributed by atoms with Crippen molar-refractivity contribution in [1.29, 1.82) is 0 Å². The molecule has 1 aliphatic rings. The molecule has 1 atom stereocenters. The summed E-state index contributed by atoms with van der Waals surface area (Å²) in [7, 11) is 0. The molecule has 3 N–H and O–H groups in total. The summed E-state index contributed by atoms with van der Waals surface area (Å²) < 4.78 is 0. The van der Waals surface area contributed by atoms with Crippen LogP contribution in [0.3, 0.4) is 0 Å². The van der Waals surface area contributed by atoms with E-state index in [0.717, 1.165) is 19.3 Å². The standard InChI is InChI=1S/C17H26N2O/c1-13(2)11-15(18)16(20)19-12-17(9-6-10-17)14-7-4-3-5-8-14/h3-5,7-8,13,15H,6,9-12,18H2,1-2H3,(H,19,20)/t15-/m0/s1. The molecule has 1 aromatic carbocycles. The van der Waals surface area contributed by atoms with Crippen LogP contribution in [0.1, 0.15) is 45.1 Å². The van der Waals surface area contributed by atoms with E-state index in [1.54, 1.807) is 0 Å². The van der Waals surface area contributed by atoms with Crippen LogP contribution < -0.4 is 11.1 Å². The second-order valence-corrected chi connectivity index (χ2v) is 6.45. The van der Waals surface area contributed by atoms with Crippen molar-refractivity contribution in [3.05, 3.63) is 35.9 Å². The second-order valence-electron chi connectivity index (χ2n) is 6.45. The molecule has 1 fully saturated rings. The molecule has 0 heterocycles. The molecule has 0 unspecified atom stereocenters. The number of amides is 1. The number of hydrogen-bond acceptors (Lipinski definition) is 2. The maximum atomic E-state index is 12.1. The lowest BCUT2D eigenvalue weighted by Gasteiger charge is -2.42. The average Bonchev–Trinajstić information content (AvgIpc) is 2.37. The minimum absolute atomic E-state index is 0.0130. The van der Waals surface area contributed by atoms with Gasteiger partial charge in [0.05, 0.1) is 6.04 Å². The Morgan fingerprint density at radius 3 is 2.45 bits per heavy atom. The summed E-state index contributed by atoms with van der Waals surface area (Å²) >= 11 is 0. The average molecular weight is 274 g/mol. The number of benzene rings is 1. The maximum absolute atomic E-state index is 12.1. The number of nitrogens with one attached hydrogen (secondary N) is 1. The first-order chi connectivity index (χ1) is 9.53. The van der Waals surface area contributed by atoms with Gasteiger partial charge >= 0.3 is 0 Å². The van der Waals surface area contributed by atoms with E-state index < -0.39 is 0 Å². The number of carbonyl (C=O) groups is 1. The quantitative estimate of drug-likeness (QED) is 0.837. The van der Waals surface area contributed by atoms with Crippen LogP contribution >= 0.6 is 0 Å². The highest BCUT2D eigenvalue weighted by Crippen LogP contribution is 2.43. The molecular weight excluding hydrogens is 248 g/mol. The van der Waals surface area contributed by atoms with Crippen molar-refractivity contribution in [3.63, 3.8) is 0 Å². The minimum Gasteiger partial charge on any atom is -0.354 e. The SMILES string of the molecule is CC(C)C[C@H](N)C(=O)NCC1(c2ccccc2)CCC1. The predicted molar refractivity (Wildman–Crippen MR) is 82.4 cm³/mol. The first-order valence-corrected chi connectivity index (χ1v) is 7.62. The zero-order valence-corrected chi connectivity index (χ0v) is 12.6. The summed E-state index contributed by atoms with van der Waals surface area (Å²) in [5.41, 5.74) is 7.40. The van der Waals surface area contributed by atoms with E-state index in [9.17, 15) is 4.79 Å². The van der Waals surface area contributed by atoms with Crippen LogP contribution in [0, 0.1) is 5.92 Å². The molecule has 0 spiro atoms. The van der Waals surface area contributed by atoms with Crippen LogP contribution in [0.25, 0.3) is 0 Å². The van der Waals surface area contributed by atoms with E-state index in [1.807, 2.05) is 6.07 Å². The summed E-state index contributed by atoms with van der Waals surface area (Å²) in [5, 5.41) is 3.07. The number of nitrogens with two attached hydrogens (primary N) is 1. The van der Waals surface area contributed by atoms with Crippen LogP contribution in [0.5, 0.6) is 0 Å². The van der Waals surface area contributed by atoms with E-state index in [1.165, 1.54) is 12.0 Å². The number of carbonyl (C=O) groups excluding carboxylic acids is 1. The molecule has 1 saturated carbocycles. The van der Waals surface area contributed by atoms with Crippen LogP contribution in [-0.2, 0) is 10.2 Å². The third-order valence-corrected chi connectivity index (χ3v) is 4.36. The van der Waals surface area contributed by atoms with E-state index in [0.29, 0.717) is 12.5 Å². The van der Waals surface area contributed by atoms with Gasteiger partial charge in [0.2, 0.25) is 5.91 Å². The van der Waals surface area contributed by atoms with Gasteiger partial charge in [-0.15, -0.1) is 0 Å². The monoisotopic (exact) mass is 274 g/mol. The van der Waals surface area contributed by atoms with E-state index in [-0.39, 0.29) is 17.4 Å². The molecule has 3 heteroatoms. The molecule has 1 amide bonds. The van der Waals surface area contributed by atoms with Crippen molar-refractivity contribution in [2.24, 2.45) is 11.7 Å². The summed E-state index contributed by atoms with van der Waals surface area (Å²) in [5.74, 6) is 0.434. The summed E-state index contributed by atoms with van der Waals surface area (Å²) in [4.78, 5) is 12.1. The van der Waals surface area contributed by atoms with Crippen LogP contribution in [0.2, 0.25) is 0 Å². The molecule has 1 aromatic rings. The zero-order chi connectivity index (χ0) is 14.6. The van der Waals surface area contributed by atoms with Gasteiger partial charge in [-0.2, -0.15) is 0 Å². The molecule has 2 rings (SSSR count). The fourth-order valence-corrected chi connectivity index (χ4v) is 2.97. The molecule has 1 aliphatic carbocycles. The van der Waals surface area contributed by atoms with Crippen molar-refractivity contribution >= 4 is 5.91 Å². The fourth-order valence-electron chi connectivity index (χ4n) is 2.97. The Balaban J connectivity index is 1.93. The highest BCUT2D eigenvalue weighted by molar-refractivity contribution is 5.81. The van der Waals surface area contributed by atoms with Crippen molar-refractivity contribution in [1.82, 2.24) is 5.32 Å². The van der Waals surface area contributed by atoms with Gasteiger partial charge in [-0.3, -0.25) is 4.79 Å². The number of hydrogen-bond donors (Lipinski definition) is 2. The Hall–Kier alpha value is -1.35. The Morgan fingerprint density at radius 1 is 1.30 bits per heavy atom. The van der Waals surface area contributed by atoms with E-state index in [4.69, 9.17) is 5.73 Å². The summed E-state index contributed by atoms with van der Waals surface area (Å²) in [6, 6.07) is 10.1. The third kappa shape index (κ3) is 3.40. The van der Waals surface area contributed by atoms with Crippen molar-refractivity contribution in [2.45, 2.75) is 51.0 Å². The molecule has 110 valence electrons. The lowest BCUT2D eigenvalue weighted by atomic mass is 9.64. The first-order valence-electron chi connectivity index (χ1n) is 7.62. The van der Waals surface area contributed by atoms with Gasteiger partial charge in [-0.25, -0.2) is 0 Å². The number of rotatable bonds is 6. The molecule has 3 nitrogen and oxygen atoms in total. The lowest BCUT2D eigenvalue weighted by molar-refractivity contribution is -0.123. The Labute approximate surface area is 121 Å².